The number of methoxy groups -OCH3 is 1. The van der Waals surface area contributed by atoms with Crippen molar-refractivity contribution in [1.29, 1.82) is 0 Å². The molecular weight excluding hydrogens is 476 g/mol. The van der Waals surface area contributed by atoms with E-state index < -0.39 is 0 Å². The first-order chi connectivity index (χ1) is 17.0. The van der Waals surface area contributed by atoms with Crippen molar-refractivity contribution in [3.05, 3.63) is 53.2 Å². The van der Waals surface area contributed by atoms with Crippen molar-refractivity contribution >= 4 is 43.8 Å². The van der Waals surface area contributed by atoms with Gasteiger partial charge in [0.2, 0.25) is 5.91 Å². The fraction of sp³-hybridized carbons (Fsp3) is 0.370. The molecule has 4 rings (SSSR count). The number of hydrogen-bond acceptors (Lipinski definition) is 7. The lowest BCUT2D eigenvalue weighted by atomic mass is 9.99. The Kier molecular flexibility index (Phi) is 8.62. The number of pyridine rings is 1. The van der Waals surface area contributed by atoms with Crippen LogP contribution < -0.4 is 10.6 Å². The average Bonchev–Trinajstić information content (AvgIpc) is 3.38. The molecule has 8 heteroatoms. The normalized spacial score (nSPS) is 11.5. The third-order valence-electron chi connectivity index (χ3n) is 5.68. The van der Waals surface area contributed by atoms with Crippen LogP contribution in [-0.4, -0.2) is 42.7 Å². The molecule has 0 atom stereocenters. The molecule has 6 nitrogen and oxygen atoms in total. The first kappa shape index (κ1) is 25.4. The highest BCUT2D eigenvalue weighted by Gasteiger charge is 2.22. The van der Waals surface area contributed by atoms with E-state index in [1.807, 2.05) is 12.3 Å². The number of amides is 1. The Balaban J connectivity index is 1.64. The molecule has 0 aliphatic rings. The smallest absolute Gasteiger partial charge is 0.226 e. The summed E-state index contributed by atoms with van der Waals surface area (Å²) in [6.45, 7) is 8.58. The first-order valence-electron chi connectivity index (χ1n) is 11.9. The van der Waals surface area contributed by atoms with Crippen LogP contribution in [0.4, 0.5) is 5.00 Å². The van der Waals surface area contributed by atoms with E-state index in [2.05, 4.69) is 60.7 Å². The van der Waals surface area contributed by atoms with E-state index in [-0.39, 0.29) is 5.91 Å². The Labute approximate surface area is 214 Å². The molecule has 0 unspecified atom stereocenters. The molecule has 3 aromatic heterocycles. The minimum atomic E-state index is 0.00786. The largest absolute Gasteiger partial charge is 0.383 e. The predicted octanol–water partition coefficient (Wildman–Crippen LogP) is 6.16. The molecule has 0 spiro atoms. The second-order valence-electron chi connectivity index (χ2n) is 8.92. The third kappa shape index (κ3) is 6.32. The van der Waals surface area contributed by atoms with Gasteiger partial charge >= 0.3 is 0 Å². The number of aromatic nitrogens is 2. The maximum absolute atomic E-state index is 12.7. The van der Waals surface area contributed by atoms with Crippen molar-refractivity contribution in [2.45, 2.75) is 33.6 Å². The van der Waals surface area contributed by atoms with Crippen LogP contribution in [0.3, 0.4) is 0 Å². The van der Waals surface area contributed by atoms with Gasteiger partial charge in [0.15, 0.2) is 0 Å². The summed E-state index contributed by atoms with van der Waals surface area (Å²) in [5, 5.41) is 8.26. The molecule has 3 heterocycles. The van der Waals surface area contributed by atoms with E-state index in [0.717, 1.165) is 49.9 Å². The highest BCUT2D eigenvalue weighted by Crippen LogP contribution is 2.44. The fourth-order valence-corrected chi connectivity index (χ4v) is 6.18. The van der Waals surface area contributed by atoms with Gasteiger partial charge in [-0.05, 0) is 48.6 Å². The molecule has 2 N–H and O–H groups in total. The number of thiazole rings is 1. The number of anilines is 1. The van der Waals surface area contributed by atoms with Crippen molar-refractivity contribution in [2.24, 2.45) is 5.92 Å². The molecule has 184 valence electrons. The van der Waals surface area contributed by atoms with Crippen molar-refractivity contribution < 1.29 is 9.53 Å². The quantitative estimate of drug-likeness (QED) is 0.237. The number of aryl methyl sites for hydroxylation is 1. The van der Waals surface area contributed by atoms with E-state index in [4.69, 9.17) is 9.72 Å². The van der Waals surface area contributed by atoms with Crippen LogP contribution in [0.25, 0.3) is 31.9 Å². The molecule has 1 aromatic carbocycles. The molecular formula is C27H32N4O2S2. The third-order valence-corrected chi connectivity index (χ3v) is 7.80. The van der Waals surface area contributed by atoms with Gasteiger partial charge in [-0.3, -0.25) is 9.78 Å². The number of nitrogens with zero attached hydrogens (tertiary/aromatic N) is 2. The monoisotopic (exact) mass is 508 g/mol. The number of rotatable bonds is 11. The van der Waals surface area contributed by atoms with Crippen molar-refractivity contribution in [2.75, 3.05) is 32.1 Å². The summed E-state index contributed by atoms with van der Waals surface area (Å²) in [6, 6.07) is 10.4. The van der Waals surface area contributed by atoms with Gasteiger partial charge in [0, 0.05) is 55.0 Å². The summed E-state index contributed by atoms with van der Waals surface area (Å²) in [7, 11) is 1.67. The van der Waals surface area contributed by atoms with E-state index in [1.54, 1.807) is 36.0 Å². The highest BCUT2D eigenvalue weighted by molar-refractivity contribution is 7.22. The van der Waals surface area contributed by atoms with Gasteiger partial charge in [0.05, 0.1) is 16.8 Å². The van der Waals surface area contributed by atoms with Gasteiger partial charge in [0.1, 0.15) is 10.0 Å². The zero-order chi connectivity index (χ0) is 24.8. The zero-order valence-corrected chi connectivity index (χ0v) is 22.3. The van der Waals surface area contributed by atoms with Crippen LogP contribution in [0, 0.1) is 12.8 Å². The summed E-state index contributed by atoms with van der Waals surface area (Å²) >= 11 is 3.33. The van der Waals surface area contributed by atoms with Crippen LogP contribution in [0.1, 0.15) is 30.7 Å². The number of nitrogens with one attached hydrogen (secondary N) is 2. The molecule has 0 saturated heterocycles. The number of carbonyl (C=O) groups excluding carboxylic acids is 1. The van der Waals surface area contributed by atoms with Crippen LogP contribution in [-0.2, 0) is 16.0 Å². The highest BCUT2D eigenvalue weighted by atomic mass is 32.1. The predicted molar refractivity (Wildman–Crippen MR) is 147 cm³/mol. The number of hydrogen-bond donors (Lipinski definition) is 2. The molecule has 4 aromatic rings. The summed E-state index contributed by atoms with van der Waals surface area (Å²) in [4.78, 5) is 23.3. The van der Waals surface area contributed by atoms with Crippen LogP contribution in [0.2, 0.25) is 0 Å². The SMILES string of the molecule is COCCNCCC(=O)Nc1sc(C)c(CC(C)C)c1-c1nc2cc(-c3cccnc3)ccc2s1. The molecule has 0 fully saturated rings. The van der Waals surface area contributed by atoms with Gasteiger partial charge in [0.25, 0.3) is 0 Å². The van der Waals surface area contributed by atoms with E-state index in [0.29, 0.717) is 25.5 Å². The average molecular weight is 509 g/mol. The van der Waals surface area contributed by atoms with Crippen molar-refractivity contribution in [3.8, 4) is 21.7 Å². The van der Waals surface area contributed by atoms with Gasteiger partial charge in [-0.25, -0.2) is 4.98 Å². The van der Waals surface area contributed by atoms with Gasteiger partial charge < -0.3 is 15.4 Å². The molecule has 35 heavy (non-hydrogen) atoms. The van der Waals surface area contributed by atoms with Crippen molar-refractivity contribution in [1.82, 2.24) is 15.3 Å². The molecule has 0 aliphatic carbocycles. The maximum Gasteiger partial charge on any atom is 0.226 e. The number of carbonyl (C=O) groups is 1. The summed E-state index contributed by atoms with van der Waals surface area (Å²) in [5.41, 5.74) is 5.49. The second kappa shape index (κ2) is 11.9. The Bertz CT molecular complexity index is 1280. The maximum atomic E-state index is 12.7. The van der Waals surface area contributed by atoms with Crippen LogP contribution >= 0.6 is 22.7 Å². The summed E-state index contributed by atoms with van der Waals surface area (Å²) < 4.78 is 6.18. The molecule has 0 radical (unpaired) electrons. The van der Waals surface area contributed by atoms with E-state index in [9.17, 15) is 4.79 Å². The summed E-state index contributed by atoms with van der Waals surface area (Å²) in [5.74, 6) is 0.510. The Morgan fingerprint density at radius 1 is 1.14 bits per heavy atom. The molecule has 1 amide bonds. The Hall–Kier alpha value is -2.65. The number of fused-ring (bicyclic) bond motifs is 1. The Morgan fingerprint density at radius 3 is 2.74 bits per heavy atom. The van der Waals surface area contributed by atoms with E-state index in [1.165, 1.54) is 10.4 Å². The first-order valence-corrected chi connectivity index (χ1v) is 13.5. The molecule has 0 aliphatic heterocycles. The topological polar surface area (TPSA) is 76.1 Å². The second-order valence-corrected chi connectivity index (χ2v) is 11.2. The minimum Gasteiger partial charge on any atom is -0.383 e. The number of thiophene rings is 1. The van der Waals surface area contributed by atoms with Gasteiger partial charge in [-0.1, -0.05) is 26.0 Å². The standard InChI is InChI=1S/C27H32N4O2S2/c1-17(2)14-21-18(3)34-27(31-24(32)9-11-28-12-13-33-4)25(21)26-30-22-15-19(7-8-23(22)35-26)20-6-5-10-29-16-20/h5-8,10,15-17,28H,9,11-14H2,1-4H3,(H,31,32). The Morgan fingerprint density at radius 2 is 2.00 bits per heavy atom. The minimum absolute atomic E-state index is 0.00786. The van der Waals surface area contributed by atoms with Gasteiger partial charge in [-0.2, -0.15) is 0 Å². The lowest BCUT2D eigenvalue weighted by Crippen LogP contribution is -2.24. The fourth-order valence-electron chi connectivity index (χ4n) is 3.98. The van der Waals surface area contributed by atoms with Crippen molar-refractivity contribution in [3.63, 3.8) is 0 Å². The molecule has 0 bridgehead atoms. The van der Waals surface area contributed by atoms with E-state index >= 15 is 0 Å². The lowest BCUT2D eigenvalue weighted by molar-refractivity contribution is -0.116. The van der Waals surface area contributed by atoms with Crippen LogP contribution in [0.5, 0.6) is 0 Å². The molecule has 0 saturated carbocycles. The lowest BCUT2D eigenvalue weighted by Gasteiger charge is -2.09. The summed E-state index contributed by atoms with van der Waals surface area (Å²) in [6.07, 6.45) is 5.01. The van der Waals surface area contributed by atoms with Crippen LogP contribution in [0.15, 0.2) is 42.7 Å². The van der Waals surface area contributed by atoms with Gasteiger partial charge in [-0.15, -0.1) is 22.7 Å². The zero-order valence-electron chi connectivity index (χ0n) is 20.7. The number of benzene rings is 1. The number of ether oxygens (including phenoxy) is 1.